The van der Waals surface area contributed by atoms with Crippen molar-refractivity contribution >= 4 is 15.6 Å². The summed E-state index contributed by atoms with van der Waals surface area (Å²) in [4.78, 5) is 18.4. The third-order valence-electron chi connectivity index (χ3n) is 6.59. The van der Waals surface area contributed by atoms with Crippen molar-refractivity contribution in [1.29, 1.82) is 0 Å². The zero-order valence-electron chi connectivity index (χ0n) is 30.0. The van der Waals surface area contributed by atoms with Gasteiger partial charge in [0.1, 0.15) is 0 Å². The van der Waals surface area contributed by atoms with E-state index >= 15 is 0 Å². The summed E-state index contributed by atoms with van der Waals surface area (Å²) in [6.07, 6.45) is 35.2. The fourth-order valence-corrected chi connectivity index (χ4v) is 5.99. The van der Waals surface area contributed by atoms with Gasteiger partial charge in [0.2, 0.25) is 0 Å². The lowest BCUT2D eigenvalue weighted by atomic mass is 10.1. The Morgan fingerprint density at radius 1 is 0.511 bits per heavy atom. The first kappa shape index (κ1) is 44.7. The predicted molar refractivity (Wildman–Crippen MR) is 200 cm³/mol. The summed E-state index contributed by atoms with van der Waals surface area (Å²) in [6, 6.07) is 0. The number of phosphoric acid groups is 2. The SMILES string of the molecule is CC(C)=CCC/C(C)=C/CC/C(C)=C/C=C/C=C/COP(=O)(OC/C=C/C=C/C=C(\C)CC/C=C(\C)CCC=C(C)C)OP(=O)(O)O. The molecule has 7 nitrogen and oxygen atoms in total. The lowest BCUT2D eigenvalue weighted by molar-refractivity contribution is 0.160. The summed E-state index contributed by atoms with van der Waals surface area (Å²) in [5.74, 6) is 0. The normalized spacial score (nSPS) is 15.4. The van der Waals surface area contributed by atoms with Crippen LogP contribution in [0.5, 0.6) is 0 Å². The molecule has 47 heavy (non-hydrogen) atoms. The number of phosphoric ester groups is 1. The smallest absolute Gasteiger partial charge is 0.302 e. The van der Waals surface area contributed by atoms with Crippen LogP contribution in [-0.4, -0.2) is 23.0 Å². The highest BCUT2D eigenvalue weighted by molar-refractivity contribution is 7.61. The third-order valence-corrected chi connectivity index (χ3v) is 9.17. The van der Waals surface area contributed by atoms with E-state index in [2.05, 4.69) is 84.0 Å². The molecule has 0 rings (SSSR count). The average molecular weight is 691 g/mol. The standard InChI is InChI=1S/C38H60O7P2/c1-33(2)21-17-25-37(7)29-19-27-35(5)23-13-9-11-15-31-43-47(42,45-46(39,40)41)44-32-16-12-10-14-24-36(6)28-20-30-38(8)26-18-22-34(3)4/h9-16,21-24,29-30H,17-20,25-28,31-32H2,1-8H3,(H2,39,40,41)/b13-9+,14-10+,15-11+,16-12+,35-23+,36-24+,37-29+,38-30+. The molecule has 0 fully saturated rings. The van der Waals surface area contributed by atoms with E-state index in [-0.39, 0.29) is 13.2 Å². The van der Waals surface area contributed by atoms with Crippen molar-refractivity contribution in [3.8, 4) is 0 Å². The molecule has 0 aromatic carbocycles. The second-order valence-electron chi connectivity index (χ2n) is 12.1. The highest BCUT2D eigenvalue weighted by atomic mass is 31.3. The first-order chi connectivity index (χ1) is 22.1. The van der Waals surface area contributed by atoms with Gasteiger partial charge in [-0.15, -0.1) is 0 Å². The molecule has 0 aromatic heterocycles. The summed E-state index contributed by atoms with van der Waals surface area (Å²) in [5, 5.41) is 0. The van der Waals surface area contributed by atoms with E-state index in [1.54, 1.807) is 36.5 Å². The average Bonchev–Trinajstić information content (AvgIpc) is 2.95. The number of hydrogen-bond acceptors (Lipinski definition) is 5. The first-order valence-electron chi connectivity index (χ1n) is 16.3. The number of hydrogen-bond donors (Lipinski definition) is 2. The highest BCUT2D eigenvalue weighted by Gasteiger charge is 2.35. The largest absolute Gasteiger partial charge is 0.484 e. The fourth-order valence-electron chi connectivity index (χ4n) is 3.96. The van der Waals surface area contributed by atoms with Gasteiger partial charge in [0.15, 0.2) is 0 Å². The zero-order chi connectivity index (χ0) is 35.6. The third kappa shape index (κ3) is 30.7. The van der Waals surface area contributed by atoms with Crippen LogP contribution in [0.25, 0.3) is 0 Å². The van der Waals surface area contributed by atoms with Crippen molar-refractivity contribution in [2.24, 2.45) is 0 Å². The molecule has 0 amide bonds. The lowest BCUT2D eigenvalue weighted by Gasteiger charge is -2.16. The predicted octanol–water partition coefficient (Wildman–Crippen LogP) is 12.3. The van der Waals surface area contributed by atoms with Crippen LogP contribution in [0, 0.1) is 0 Å². The Hall–Kier alpha value is -2.34. The van der Waals surface area contributed by atoms with Crippen LogP contribution < -0.4 is 0 Å². The van der Waals surface area contributed by atoms with Crippen molar-refractivity contribution in [2.45, 2.75) is 107 Å². The van der Waals surface area contributed by atoms with Crippen molar-refractivity contribution in [3.63, 3.8) is 0 Å². The van der Waals surface area contributed by atoms with Crippen LogP contribution in [0.4, 0.5) is 0 Å². The molecule has 2 N–H and O–H groups in total. The van der Waals surface area contributed by atoms with Crippen LogP contribution in [0.3, 0.4) is 0 Å². The molecule has 0 heterocycles. The molecule has 0 aromatic rings. The first-order valence-corrected chi connectivity index (χ1v) is 19.3. The Labute approximate surface area is 285 Å². The van der Waals surface area contributed by atoms with Gasteiger partial charge in [-0.05, 0) is 107 Å². The summed E-state index contributed by atoms with van der Waals surface area (Å²) in [6.45, 7) is 16.5. The van der Waals surface area contributed by atoms with Crippen LogP contribution in [0.15, 0.2) is 119 Å². The molecular formula is C38H60O7P2. The Morgan fingerprint density at radius 2 is 0.872 bits per heavy atom. The molecule has 0 aliphatic heterocycles. The van der Waals surface area contributed by atoms with Crippen molar-refractivity contribution < 1.29 is 32.3 Å². The van der Waals surface area contributed by atoms with E-state index < -0.39 is 15.6 Å². The molecule has 9 heteroatoms. The zero-order valence-corrected chi connectivity index (χ0v) is 31.8. The van der Waals surface area contributed by atoms with Crippen LogP contribution >= 0.6 is 15.6 Å². The van der Waals surface area contributed by atoms with Gasteiger partial charge >= 0.3 is 15.6 Å². The summed E-state index contributed by atoms with van der Waals surface area (Å²) < 4.78 is 38.7. The van der Waals surface area contributed by atoms with Crippen molar-refractivity contribution in [1.82, 2.24) is 0 Å². The fraction of sp³-hybridized carbons (Fsp3) is 0.474. The molecule has 0 unspecified atom stereocenters. The molecule has 0 saturated carbocycles. The maximum Gasteiger partial charge on any atom is 0.484 e. The summed E-state index contributed by atoms with van der Waals surface area (Å²) >= 11 is 0. The maximum absolute atomic E-state index is 12.8. The van der Waals surface area contributed by atoms with Gasteiger partial charge in [-0.1, -0.05) is 119 Å². The van der Waals surface area contributed by atoms with Gasteiger partial charge in [0.05, 0.1) is 13.2 Å². The Balaban J connectivity index is 4.69. The molecule has 0 aliphatic carbocycles. The van der Waals surface area contributed by atoms with Crippen molar-refractivity contribution in [2.75, 3.05) is 13.2 Å². The van der Waals surface area contributed by atoms with Crippen LogP contribution in [0.2, 0.25) is 0 Å². The topological polar surface area (TPSA) is 102 Å². The van der Waals surface area contributed by atoms with Gasteiger partial charge in [0.25, 0.3) is 0 Å². The molecule has 0 aliphatic rings. The Kier molecular flexibility index (Phi) is 25.3. The van der Waals surface area contributed by atoms with E-state index in [0.29, 0.717) is 0 Å². The van der Waals surface area contributed by atoms with E-state index in [1.165, 1.54) is 33.4 Å². The van der Waals surface area contributed by atoms with Gasteiger partial charge in [-0.25, -0.2) is 9.13 Å². The second-order valence-corrected chi connectivity index (χ2v) is 15.1. The van der Waals surface area contributed by atoms with Crippen LogP contribution in [-0.2, 0) is 22.5 Å². The minimum atomic E-state index is -5.11. The molecular weight excluding hydrogens is 630 g/mol. The second kappa shape index (κ2) is 26.6. The lowest BCUT2D eigenvalue weighted by Crippen LogP contribution is -1.99. The monoisotopic (exact) mass is 690 g/mol. The molecule has 0 bridgehead atoms. The Bertz CT molecular complexity index is 1220. The van der Waals surface area contributed by atoms with Gasteiger partial charge in [-0.3, -0.25) is 9.05 Å². The molecule has 0 atom stereocenters. The van der Waals surface area contributed by atoms with Gasteiger partial charge in [-0.2, -0.15) is 4.31 Å². The van der Waals surface area contributed by atoms with E-state index in [4.69, 9.17) is 9.05 Å². The summed E-state index contributed by atoms with van der Waals surface area (Å²) in [7, 11) is -9.62. The van der Waals surface area contributed by atoms with Crippen LogP contribution in [0.1, 0.15) is 107 Å². The minimum Gasteiger partial charge on any atom is -0.302 e. The minimum absolute atomic E-state index is 0.223. The number of rotatable bonds is 24. The van der Waals surface area contributed by atoms with E-state index in [0.717, 1.165) is 51.4 Å². The van der Waals surface area contributed by atoms with Gasteiger partial charge < -0.3 is 9.79 Å². The van der Waals surface area contributed by atoms with Crippen molar-refractivity contribution in [3.05, 3.63) is 119 Å². The molecule has 0 saturated heterocycles. The molecule has 264 valence electrons. The van der Waals surface area contributed by atoms with Gasteiger partial charge in [0, 0.05) is 0 Å². The quantitative estimate of drug-likeness (QED) is 0.0590. The summed E-state index contributed by atoms with van der Waals surface area (Å²) in [5.41, 5.74) is 7.99. The van der Waals surface area contributed by atoms with E-state index in [9.17, 15) is 18.9 Å². The molecule has 0 radical (unpaired) electrons. The Morgan fingerprint density at radius 3 is 1.23 bits per heavy atom. The van der Waals surface area contributed by atoms with E-state index in [1.807, 2.05) is 24.3 Å². The number of allylic oxidation sites excluding steroid dienone is 18. The maximum atomic E-state index is 12.8. The molecule has 0 spiro atoms. The highest BCUT2D eigenvalue weighted by Crippen LogP contribution is 2.61.